The van der Waals surface area contributed by atoms with Crippen molar-refractivity contribution in [1.29, 1.82) is 0 Å². The van der Waals surface area contributed by atoms with E-state index in [1.165, 1.54) is 19.3 Å². The lowest BCUT2D eigenvalue weighted by atomic mass is 9.79. The molecule has 30 heavy (non-hydrogen) atoms. The predicted molar refractivity (Wildman–Crippen MR) is 115 cm³/mol. The lowest BCUT2D eigenvalue weighted by Crippen LogP contribution is -2.41. The monoisotopic (exact) mass is 410 g/mol. The van der Waals surface area contributed by atoms with E-state index in [1.807, 2.05) is 4.90 Å². The molecule has 3 fully saturated rings. The molecule has 2 aliphatic heterocycles. The number of hydrogen-bond acceptors (Lipinski definition) is 4. The summed E-state index contributed by atoms with van der Waals surface area (Å²) in [6.07, 6.45) is 8.07. The van der Waals surface area contributed by atoms with Crippen molar-refractivity contribution < 1.29 is 9.59 Å². The smallest absolute Gasteiger partial charge is 0.228 e. The van der Waals surface area contributed by atoms with E-state index in [0.717, 1.165) is 61.7 Å². The molecule has 4 aliphatic rings. The van der Waals surface area contributed by atoms with Crippen molar-refractivity contribution in [3.8, 4) is 0 Å². The minimum absolute atomic E-state index is 0.176. The van der Waals surface area contributed by atoms with Crippen molar-refractivity contribution in [2.75, 3.05) is 24.5 Å². The molecule has 2 aliphatic carbocycles. The standard InChI is InChI=1S/C24H34N4O2/c1-15(2)14-28-20(29)6-5-18-16(3)25-21(26-22(18)28)17-7-11-27(12-8-17)23(30)19-13-24(19)9-4-10-24/h15,17,19H,4-14H2,1-3H3/t19-/m1/s1. The summed E-state index contributed by atoms with van der Waals surface area (Å²) in [7, 11) is 0. The van der Waals surface area contributed by atoms with Crippen molar-refractivity contribution in [3.63, 3.8) is 0 Å². The molecular formula is C24H34N4O2. The van der Waals surface area contributed by atoms with Gasteiger partial charge in [0.15, 0.2) is 0 Å². The highest BCUT2D eigenvalue weighted by molar-refractivity contribution is 5.95. The molecule has 2 amide bonds. The molecule has 0 unspecified atom stereocenters. The number of aromatic nitrogens is 2. The first kappa shape index (κ1) is 20.0. The Hall–Kier alpha value is -1.98. The third-order valence-corrected chi connectivity index (χ3v) is 7.91. The van der Waals surface area contributed by atoms with Crippen LogP contribution in [-0.2, 0) is 16.0 Å². The van der Waals surface area contributed by atoms with Crippen molar-refractivity contribution in [2.24, 2.45) is 17.3 Å². The summed E-state index contributed by atoms with van der Waals surface area (Å²) >= 11 is 0. The molecule has 6 nitrogen and oxygen atoms in total. The van der Waals surface area contributed by atoms with Crippen molar-refractivity contribution in [3.05, 3.63) is 17.1 Å². The van der Waals surface area contributed by atoms with Gasteiger partial charge in [-0.1, -0.05) is 20.3 Å². The lowest BCUT2D eigenvalue weighted by Gasteiger charge is -2.35. The minimum atomic E-state index is 0.176. The normalized spacial score (nSPS) is 25.5. The maximum Gasteiger partial charge on any atom is 0.228 e. The van der Waals surface area contributed by atoms with E-state index in [4.69, 9.17) is 9.97 Å². The molecule has 1 spiro atoms. The summed E-state index contributed by atoms with van der Waals surface area (Å²) in [5, 5.41) is 0. The van der Waals surface area contributed by atoms with Gasteiger partial charge in [0.05, 0.1) is 0 Å². The highest BCUT2D eigenvalue weighted by atomic mass is 16.2. The molecule has 0 aromatic carbocycles. The van der Waals surface area contributed by atoms with Crippen molar-refractivity contribution in [2.45, 2.75) is 78.1 Å². The molecule has 0 N–H and O–H groups in total. The van der Waals surface area contributed by atoms with Gasteiger partial charge in [0, 0.05) is 49.1 Å². The van der Waals surface area contributed by atoms with Crippen LogP contribution >= 0.6 is 0 Å². The molecule has 5 rings (SSSR count). The zero-order valence-corrected chi connectivity index (χ0v) is 18.6. The number of hydrogen-bond donors (Lipinski definition) is 0. The van der Waals surface area contributed by atoms with Crippen LogP contribution < -0.4 is 4.90 Å². The van der Waals surface area contributed by atoms with Crippen LogP contribution in [-0.4, -0.2) is 46.3 Å². The summed E-state index contributed by atoms with van der Waals surface area (Å²) in [5.74, 6) is 3.25. The molecular weight excluding hydrogens is 376 g/mol. The number of amides is 2. The van der Waals surface area contributed by atoms with Gasteiger partial charge in [-0.3, -0.25) is 14.5 Å². The first-order valence-corrected chi connectivity index (χ1v) is 11.8. The van der Waals surface area contributed by atoms with Crippen LogP contribution in [0, 0.1) is 24.2 Å². The van der Waals surface area contributed by atoms with Crippen molar-refractivity contribution >= 4 is 17.6 Å². The van der Waals surface area contributed by atoms with Gasteiger partial charge in [-0.05, 0) is 56.8 Å². The Kier molecular flexibility index (Phi) is 4.86. The molecule has 1 saturated heterocycles. The Morgan fingerprint density at radius 2 is 1.90 bits per heavy atom. The largest absolute Gasteiger partial charge is 0.342 e. The van der Waals surface area contributed by atoms with Gasteiger partial charge in [0.2, 0.25) is 11.8 Å². The summed E-state index contributed by atoms with van der Waals surface area (Å²) in [6, 6.07) is 0. The third kappa shape index (κ3) is 3.32. The van der Waals surface area contributed by atoms with Gasteiger partial charge in [-0.15, -0.1) is 0 Å². The van der Waals surface area contributed by atoms with E-state index in [2.05, 4.69) is 25.7 Å². The third-order valence-electron chi connectivity index (χ3n) is 7.91. The summed E-state index contributed by atoms with van der Waals surface area (Å²) in [5.41, 5.74) is 2.55. The first-order chi connectivity index (χ1) is 14.4. The average molecular weight is 411 g/mol. The Morgan fingerprint density at radius 1 is 1.17 bits per heavy atom. The molecule has 6 heteroatoms. The molecule has 0 radical (unpaired) electrons. The summed E-state index contributed by atoms with van der Waals surface area (Å²) in [4.78, 5) is 39.2. The van der Waals surface area contributed by atoms with Crippen LogP contribution in [0.4, 0.5) is 5.82 Å². The Balaban J connectivity index is 1.30. The van der Waals surface area contributed by atoms with Gasteiger partial charge in [0.25, 0.3) is 0 Å². The number of nitrogens with zero attached hydrogens (tertiary/aromatic N) is 4. The Morgan fingerprint density at radius 3 is 2.50 bits per heavy atom. The van der Waals surface area contributed by atoms with Gasteiger partial charge in [0.1, 0.15) is 11.6 Å². The first-order valence-electron chi connectivity index (χ1n) is 11.8. The maximum absolute atomic E-state index is 12.9. The number of carbonyl (C=O) groups is 2. The molecule has 3 heterocycles. The quantitative estimate of drug-likeness (QED) is 0.760. The minimum Gasteiger partial charge on any atom is -0.342 e. The molecule has 0 bridgehead atoms. The van der Waals surface area contributed by atoms with Crippen LogP contribution in [0.1, 0.15) is 81.8 Å². The number of piperidine rings is 1. The van der Waals surface area contributed by atoms with E-state index in [9.17, 15) is 9.59 Å². The topological polar surface area (TPSA) is 66.4 Å². The predicted octanol–water partition coefficient (Wildman–Crippen LogP) is 3.62. The fourth-order valence-electron chi connectivity index (χ4n) is 5.80. The van der Waals surface area contributed by atoms with Crippen molar-refractivity contribution in [1.82, 2.24) is 14.9 Å². The molecule has 2 saturated carbocycles. The molecule has 162 valence electrons. The van der Waals surface area contributed by atoms with Gasteiger partial charge in [-0.25, -0.2) is 9.97 Å². The van der Waals surface area contributed by atoms with Crippen LogP contribution in [0.5, 0.6) is 0 Å². The number of anilines is 1. The summed E-state index contributed by atoms with van der Waals surface area (Å²) < 4.78 is 0. The second-order valence-corrected chi connectivity index (χ2v) is 10.4. The molecule has 1 aromatic rings. The Labute approximate surface area is 179 Å². The van der Waals surface area contributed by atoms with Gasteiger partial charge in [-0.2, -0.15) is 0 Å². The average Bonchev–Trinajstić information content (AvgIpc) is 3.46. The van der Waals surface area contributed by atoms with E-state index in [-0.39, 0.29) is 11.8 Å². The fourth-order valence-corrected chi connectivity index (χ4v) is 5.80. The second kappa shape index (κ2) is 7.31. The lowest BCUT2D eigenvalue weighted by molar-refractivity contribution is -0.135. The van der Waals surface area contributed by atoms with E-state index in [1.54, 1.807) is 0 Å². The number of carbonyl (C=O) groups excluding carboxylic acids is 2. The Bertz CT molecular complexity index is 868. The SMILES string of the molecule is Cc1nc(C2CCN(C(=O)[C@H]3CC34CCC4)CC2)nc2c1CCC(=O)N2CC(C)C. The number of fused-ring (bicyclic) bond motifs is 1. The zero-order valence-electron chi connectivity index (χ0n) is 18.6. The highest BCUT2D eigenvalue weighted by Crippen LogP contribution is 2.66. The van der Waals surface area contributed by atoms with E-state index < -0.39 is 0 Å². The number of rotatable bonds is 4. The molecule has 1 aromatic heterocycles. The number of aryl methyl sites for hydroxylation is 1. The van der Waals surface area contributed by atoms with Gasteiger partial charge >= 0.3 is 0 Å². The zero-order chi connectivity index (χ0) is 21.0. The van der Waals surface area contributed by atoms with Crippen LogP contribution in [0.2, 0.25) is 0 Å². The van der Waals surface area contributed by atoms with Crippen LogP contribution in [0.25, 0.3) is 0 Å². The van der Waals surface area contributed by atoms with Gasteiger partial charge < -0.3 is 4.90 Å². The second-order valence-electron chi connectivity index (χ2n) is 10.4. The fraction of sp³-hybridized carbons (Fsp3) is 0.750. The summed E-state index contributed by atoms with van der Waals surface area (Å²) in [6.45, 7) is 8.65. The number of likely N-dealkylation sites (tertiary alicyclic amines) is 1. The van der Waals surface area contributed by atoms with E-state index in [0.29, 0.717) is 36.1 Å². The maximum atomic E-state index is 12.9. The van der Waals surface area contributed by atoms with E-state index >= 15 is 0 Å². The van der Waals surface area contributed by atoms with Crippen LogP contribution in [0.3, 0.4) is 0 Å². The highest BCUT2D eigenvalue weighted by Gasteiger charge is 2.61. The molecule has 1 atom stereocenters. The van der Waals surface area contributed by atoms with Crippen LogP contribution in [0.15, 0.2) is 0 Å².